The molecule has 0 amide bonds. The molecule has 0 radical (unpaired) electrons. The maximum atomic E-state index is 11.6. The molecular weight excluding hydrogens is 215 g/mol. The Kier molecular flexibility index (Phi) is 4.54. The number of rotatable bonds is 3. The van der Waals surface area contributed by atoms with Gasteiger partial charge in [0, 0.05) is 0 Å². The van der Waals surface area contributed by atoms with Crippen LogP contribution in [0.25, 0.3) is 0 Å². The zero-order chi connectivity index (χ0) is 12.3. The normalized spacial score (nSPS) is 14.9. The van der Waals surface area contributed by atoms with Gasteiger partial charge in [0.2, 0.25) is 0 Å². The minimum absolute atomic E-state index is 0.785. The van der Waals surface area contributed by atoms with E-state index < -0.39 is 30.6 Å². The molecule has 90 valence electrons. The highest BCUT2D eigenvalue weighted by Crippen LogP contribution is 2.16. The van der Waals surface area contributed by atoms with E-state index in [9.17, 15) is 18.0 Å². The summed E-state index contributed by atoms with van der Waals surface area (Å²) in [7, 11) is 0. The average molecular weight is 229 g/mol. The molecule has 4 nitrogen and oxygen atoms in total. The van der Waals surface area contributed by atoms with Crippen molar-refractivity contribution in [3.05, 3.63) is 0 Å². The van der Waals surface area contributed by atoms with E-state index in [1.807, 2.05) is 0 Å². The minimum Gasteiger partial charge on any atom is -0.459 e. The van der Waals surface area contributed by atoms with Gasteiger partial charge in [0.1, 0.15) is 11.6 Å². The number of alkyl halides is 3. The van der Waals surface area contributed by atoms with Crippen LogP contribution < -0.4 is 5.73 Å². The van der Waals surface area contributed by atoms with Crippen LogP contribution in [0.2, 0.25) is 0 Å². The number of hydrogen-bond donors (Lipinski definition) is 1. The van der Waals surface area contributed by atoms with Crippen LogP contribution in [0, 0.1) is 0 Å². The number of halogens is 3. The molecule has 0 aliphatic rings. The van der Waals surface area contributed by atoms with Crippen molar-refractivity contribution >= 4 is 5.97 Å². The van der Waals surface area contributed by atoms with E-state index in [2.05, 4.69) is 4.74 Å². The van der Waals surface area contributed by atoms with E-state index in [0.717, 1.165) is 0 Å². The van der Waals surface area contributed by atoms with Crippen molar-refractivity contribution in [1.29, 1.82) is 0 Å². The lowest BCUT2D eigenvalue weighted by Crippen LogP contribution is -2.41. The molecule has 0 aromatic heterocycles. The second kappa shape index (κ2) is 4.80. The van der Waals surface area contributed by atoms with Crippen molar-refractivity contribution in [2.75, 3.05) is 6.61 Å². The van der Waals surface area contributed by atoms with Crippen LogP contribution in [0.1, 0.15) is 20.8 Å². The molecule has 0 heterocycles. The molecule has 0 spiro atoms. The Morgan fingerprint density at radius 2 is 1.80 bits per heavy atom. The van der Waals surface area contributed by atoms with Crippen LogP contribution in [0.5, 0.6) is 0 Å². The van der Waals surface area contributed by atoms with Gasteiger partial charge >= 0.3 is 12.3 Å². The van der Waals surface area contributed by atoms with Gasteiger partial charge in [-0.15, -0.1) is 13.2 Å². The van der Waals surface area contributed by atoms with Gasteiger partial charge in [-0.2, -0.15) is 0 Å². The summed E-state index contributed by atoms with van der Waals surface area (Å²) in [6.45, 7) is 3.81. The van der Waals surface area contributed by atoms with Gasteiger partial charge in [-0.3, -0.25) is 9.53 Å². The van der Waals surface area contributed by atoms with E-state index in [1.54, 1.807) is 20.8 Å². The molecule has 15 heavy (non-hydrogen) atoms. The van der Waals surface area contributed by atoms with Crippen molar-refractivity contribution in [3.63, 3.8) is 0 Å². The number of nitrogens with two attached hydrogens (primary N) is 1. The summed E-state index contributed by atoms with van der Waals surface area (Å²) in [4.78, 5) is 11.1. The first-order valence-electron chi connectivity index (χ1n) is 4.20. The quantitative estimate of drug-likeness (QED) is 0.738. The Hall–Kier alpha value is -0.820. The molecule has 0 fully saturated rings. The highest BCUT2D eigenvalue weighted by molar-refractivity contribution is 5.76. The molecule has 0 aliphatic carbocycles. The maximum Gasteiger partial charge on any atom is 0.522 e. The van der Waals surface area contributed by atoms with Gasteiger partial charge in [-0.25, -0.2) is 0 Å². The fourth-order valence-electron chi connectivity index (χ4n) is 0.630. The summed E-state index contributed by atoms with van der Waals surface area (Å²) in [5.41, 5.74) is 4.35. The van der Waals surface area contributed by atoms with Gasteiger partial charge < -0.3 is 10.5 Å². The Labute approximate surface area is 85.5 Å². The largest absolute Gasteiger partial charge is 0.522 e. The third-order valence-corrected chi connectivity index (χ3v) is 1.14. The van der Waals surface area contributed by atoms with Crippen molar-refractivity contribution in [1.82, 2.24) is 0 Å². The van der Waals surface area contributed by atoms with Gasteiger partial charge in [0.25, 0.3) is 0 Å². The molecule has 0 aromatic rings. The van der Waals surface area contributed by atoms with Crippen LogP contribution >= 0.6 is 0 Å². The minimum atomic E-state index is -4.79. The molecule has 0 saturated carbocycles. The SMILES string of the molecule is CC(C)(C)OC(=O)[C@@H](N)COC(F)(F)F. The van der Waals surface area contributed by atoms with Crippen molar-refractivity contribution in [2.24, 2.45) is 5.73 Å². The highest BCUT2D eigenvalue weighted by Gasteiger charge is 2.32. The average Bonchev–Trinajstić information content (AvgIpc) is 1.95. The van der Waals surface area contributed by atoms with E-state index in [4.69, 9.17) is 10.5 Å². The van der Waals surface area contributed by atoms with Crippen LogP contribution in [0.4, 0.5) is 13.2 Å². The lowest BCUT2D eigenvalue weighted by atomic mass is 10.2. The Bertz CT molecular complexity index is 222. The second-order valence-electron chi connectivity index (χ2n) is 3.90. The van der Waals surface area contributed by atoms with Crippen LogP contribution in [-0.4, -0.2) is 30.6 Å². The van der Waals surface area contributed by atoms with Gasteiger partial charge in [0.05, 0.1) is 6.61 Å². The Morgan fingerprint density at radius 3 is 2.13 bits per heavy atom. The summed E-state index contributed by atoms with van der Waals surface area (Å²) in [6.07, 6.45) is -4.79. The fraction of sp³-hybridized carbons (Fsp3) is 0.875. The fourth-order valence-corrected chi connectivity index (χ4v) is 0.630. The molecule has 1 atom stereocenters. The molecule has 7 heteroatoms. The number of esters is 1. The first-order valence-corrected chi connectivity index (χ1v) is 4.20. The number of ether oxygens (including phenoxy) is 2. The molecule has 0 saturated heterocycles. The van der Waals surface area contributed by atoms with Crippen LogP contribution in [0.15, 0.2) is 0 Å². The Morgan fingerprint density at radius 1 is 1.33 bits per heavy atom. The predicted octanol–water partition coefficient (Wildman–Crippen LogP) is 1.19. The zero-order valence-corrected chi connectivity index (χ0v) is 8.72. The molecular formula is C8H14F3NO3. The number of hydrogen-bond acceptors (Lipinski definition) is 4. The maximum absolute atomic E-state index is 11.6. The van der Waals surface area contributed by atoms with E-state index in [0.29, 0.717) is 0 Å². The van der Waals surface area contributed by atoms with E-state index in [1.165, 1.54) is 0 Å². The topological polar surface area (TPSA) is 61.5 Å². The standard InChI is InChI=1S/C8H14F3NO3/c1-7(2,3)15-6(13)5(12)4-14-8(9,10)11/h5H,4,12H2,1-3H3/t5-/m0/s1. The molecule has 0 bridgehead atoms. The predicted molar refractivity (Wildman–Crippen MR) is 45.8 cm³/mol. The zero-order valence-electron chi connectivity index (χ0n) is 8.72. The molecule has 0 unspecified atom stereocenters. The molecule has 0 aliphatic heterocycles. The van der Waals surface area contributed by atoms with Gasteiger partial charge in [-0.05, 0) is 20.8 Å². The second-order valence-corrected chi connectivity index (χ2v) is 3.90. The number of carbonyl (C=O) groups is 1. The van der Waals surface area contributed by atoms with E-state index in [-0.39, 0.29) is 0 Å². The summed E-state index contributed by atoms with van der Waals surface area (Å²) in [6, 6.07) is -1.44. The summed E-state index contributed by atoms with van der Waals surface area (Å²) < 4.78 is 42.9. The van der Waals surface area contributed by atoms with Gasteiger partial charge in [-0.1, -0.05) is 0 Å². The van der Waals surface area contributed by atoms with Crippen molar-refractivity contribution < 1.29 is 27.4 Å². The highest BCUT2D eigenvalue weighted by atomic mass is 19.4. The van der Waals surface area contributed by atoms with Crippen molar-refractivity contribution in [2.45, 2.75) is 38.8 Å². The first-order chi connectivity index (χ1) is 6.51. The third-order valence-electron chi connectivity index (χ3n) is 1.14. The first kappa shape index (κ1) is 14.2. The van der Waals surface area contributed by atoms with Crippen molar-refractivity contribution in [3.8, 4) is 0 Å². The molecule has 0 aromatic carbocycles. The monoisotopic (exact) mass is 229 g/mol. The van der Waals surface area contributed by atoms with Gasteiger partial charge in [0.15, 0.2) is 0 Å². The van der Waals surface area contributed by atoms with E-state index >= 15 is 0 Å². The smallest absolute Gasteiger partial charge is 0.459 e. The summed E-state index contributed by atoms with van der Waals surface area (Å²) >= 11 is 0. The number of carbonyl (C=O) groups excluding carboxylic acids is 1. The summed E-state index contributed by atoms with van der Waals surface area (Å²) in [5.74, 6) is -0.924. The third kappa shape index (κ3) is 8.19. The Balaban J connectivity index is 4.01. The summed E-state index contributed by atoms with van der Waals surface area (Å²) in [5, 5.41) is 0. The molecule has 2 N–H and O–H groups in total. The molecule has 0 rings (SSSR count). The lowest BCUT2D eigenvalue weighted by molar-refractivity contribution is -0.325. The van der Waals surface area contributed by atoms with Crippen LogP contribution in [0.3, 0.4) is 0 Å². The lowest BCUT2D eigenvalue weighted by Gasteiger charge is -2.22. The van der Waals surface area contributed by atoms with Crippen LogP contribution in [-0.2, 0) is 14.3 Å².